The molecule has 0 radical (unpaired) electrons. The zero-order valence-electron chi connectivity index (χ0n) is 6.89. The van der Waals surface area contributed by atoms with E-state index in [2.05, 4.69) is 9.78 Å². The van der Waals surface area contributed by atoms with Gasteiger partial charge in [0, 0.05) is 11.8 Å². The van der Waals surface area contributed by atoms with Crippen LogP contribution in [-0.2, 0) is 4.89 Å². The van der Waals surface area contributed by atoms with Crippen LogP contribution < -0.4 is 10.6 Å². The van der Waals surface area contributed by atoms with Gasteiger partial charge < -0.3 is 10.6 Å². The predicted octanol–water partition coefficient (Wildman–Crippen LogP) is 1.12. The second-order valence-corrected chi connectivity index (χ2v) is 2.23. The number of hydrogen-bond acceptors (Lipinski definition) is 5. The normalized spacial score (nSPS) is 9.62. The number of nitrogens with zero attached hydrogens (tertiary/aromatic N) is 1. The van der Waals surface area contributed by atoms with Crippen molar-refractivity contribution in [1.82, 2.24) is 0 Å². The Morgan fingerprint density at radius 3 is 2.77 bits per heavy atom. The van der Waals surface area contributed by atoms with Crippen molar-refractivity contribution < 1.29 is 14.7 Å². The highest BCUT2D eigenvalue weighted by atomic mass is 17.2. The molecule has 0 unspecified atom stereocenters. The van der Waals surface area contributed by atoms with Crippen LogP contribution in [0.1, 0.15) is 0 Å². The average molecular weight is 184 g/mol. The minimum Gasteiger partial charge on any atom is -0.399 e. The molecule has 0 saturated heterocycles. The van der Waals surface area contributed by atoms with Gasteiger partial charge in [-0.1, -0.05) is 0 Å². The summed E-state index contributed by atoms with van der Waals surface area (Å²) in [7, 11) is 1.26. The number of anilines is 1. The van der Waals surface area contributed by atoms with Gasteiger partial charge in [-0.05, 0) is 12.1 Å². The highest BCUT2D eigenvalue weighted by Crippen LogP contribution is 2.28. The van der Waals surface area contributed by atoms with Gasteiger partial charge in [-0.3, -0.25) is 10.1 Å². The molecule has 0 amide bonds. The molecule has 70 valence electrons. The van der Waals surface area contributed by atoms with Crippen molar-refractivity contribution in [2.75, 3.05) is 12.8 Å². The van der Waals surface area contributed by atoms with Gasteiger partial charge in [0.15, 0.2) is 0 Å². The van der Waals surface area contributed by atoms with E-state index in [1.807, 2.05) is 0 Å². The highest BCUT2D eigenvalue weighted by molar-refractivity contribution is 5.55. The number of nitro benzene ring substituents is 1. The molecule has 0 spiro atoms. The Balaban J connectivity index is 3.10. The summed E-state index contributed by atoms with van der Waals surface area (Å²) in [4.78, 5) is 18.7. The maximum absolute atomic E-state index is 10.5. The third kappa shape index (κ3) is 2.06. The van der Waals surface area contributed by atoms with Gasteiger partial charge in [-0.2, -0.15) is 4.89 Å². The van der Waals surface area contributed by atoms with Crippen LogP contribution in [0.3, 0.4) is 0 Å². The van der Waals surface area contributed by atoms with E-state index in [-0.39, 0.29) is 11.4 Å². The molecule has 0 aliphatic rings. The molecule has 1 aromatic rings. The van der Waals surface area contributed by atoms with Gasteiger partial charge in [0.05, 0.1) is 12.0 Å². The minimum atomic E-state index is -0.593. The first-order valence-electron chi connectivity index (χ1n) is 3.39. The Morgan fingerprint density at radius 1 is 1.54 bits per heavy atom. The minimum absolute atomic E-state index is 0.0294. The van der Waals surface area contributed by atoms with E-state index < -0.39 is 4.92 Å². The molecule has 2 N–H and O–H groups in total. The summed E-state index contributed by atoms with van der Waals surface area (Å²) < 4.78 is 0. The lowest BCUT2D eigenvalue weighted by Crippen LogP contribution is -1.97. The van der Waals surface area contributed by atoms with Crippen LogP contribution in [0.4, 0.5) is 11.4 Å². The molecule has 0 saturated carbocycles. The van der Waals surface area contributed by atoms with Crippen molar-refractivity contribution >= 4 is 11.4 Å². The van der Waals surface area contributed by atoms with Crippen LogP contribution in [-0.4, -0.2) is 12.0 Å². The summed E-state index contributed by atoms with van der Waals surface area (Å²) in [5.74, 6) is 0.0294. The van der Waals surface area contributed by atoms with Gasteiger partial charge in [-0.15, -0.1) is 0 Å². The Labute approximate surface area is 73.9 Å². The van der Waals surface area contributed by atoms with Gasteiger partial charge in [-0.25, -0.2) is 0 Å². The molecule has 13 heavy (non-hydrogen) atoms. The second kappa shape index (κ2) is 3.72. The number of benzene rings is 1. The number of nitro groups is 1. The molecular weight excluding hydrogens is 176 g/mol. The van der Waals surface area contributed by atoms with E-state index in [1.54, 1.807) is 0 Å². The first kappa shape index (κ1) is 9.27. The van der Waals surface area contributed by atoms with Crippen LogP contribution in [0.25, 0.3) is 0 Å². The largest absolute Gasteiger partial charge is 0.399 e. The highest BCUT2D eigenvalue weighted by Gasteiger charge is 2.15. The van der Waals surface area contributed by atoms with E-state index in [9.17, 15) is 10.1 Å². The van der Waals surface area contributed by atoms with Crippen molar-refractivity contribution in [2.24, 2.45) is 0 Å². The zero-order valence-corrected chi connectivity index (χ0v) is 6.89. The van der Waals surface area contributed by atoms with Crippen molar-refractivity contribution in [3.8, 4) is 5.75 Å². The molecule has 0 fully saturated rings. The first-order valence-corrected chi connectivity index (χ1v) is 3.39. The lowest BCUT2D eigenvalue weighted by Gasteiger charge is -2.01. The lowest BCUT2D eigenvalue weighted by molar-refractivity contribution is -0.388. The van der Waals surface area contributed by atoms with E-state index in [4.69, 9.17) is 5.73 Å². The Morgan fingerprint density at radius 2 is 2.23 bits per heavy atom. The SMILES string of the molecule is COOc1ccc(N)cc1[N+](=O)[O-]. The monoisotopic (exact) mass is 184 g/mol. The number of hydrogen-bond donors (Lipinski definition) is 1. The number of nitrogen functional groups attached to an aromatic ring is 1. The predicted molar refractivity (Wildman–Crippen MR) is 45.1 cm³/mol. The molecule has 0 bridgehead atoms. The Bertz CT molecular complexity index is 326. The summed E-state index contributed by atoms with van der Waals surface area (Å²) in [6.45, 7) is 0. The van der Waals surface area contributed by atoms with E-state index in [0.29, 0.717) is 5.69 Å². The van der Waals surface area contributed by atoms with E-state index >= 15 is 0 Å². The molecule has 6 heteroatoms. The standard InChI is InChI=1S/C7H8N2O4/c1-12-13-7-3-2-5(8)4-6(7)9(10)11/h2-4H,8H2,1H3. The van der Waals surface area contributed by atoms with Crippen LogP contribution >= 0.6 is 0 Å². The smallest absolute Gasteiger partial charge is 0.317 e. The quantitative estimate of drug-likeness (QED) is 0.329. The molecule has 0 aliphatic heterocycles. The molecular formula is C7H8N2O4. The Kier molecular flexibility index (Phi) is 2.65. The Hall–Kier alpha value is -1.82. The summed E-state index contributed by atoms with van der Waals surface area (Å²) in [6.07, 6.45) is 0. The summed E-state index contributed by atoms with van der Waals surface area (Å²) in [6, 6.07) is 4.06. The molecule has 0 aliphatic carbocycles. The summed E-state index contributed by atoms with van der Waals surface area (Å²) >= 11 is 0. The molecule has 1 rings (SSSR count). The fourth-order valence-corrected chi connectivity index (χ4v) is 0.837. The van der Waals surface area contributed by atoms with Gasteiger partial charge >= 0.3 is 5.69 Å². The van der Waals surface area contributed by atoms with Gasteiger partial charge in [0.2, 0.25) is 5.75 Å². The van der Waals surface area contributed by atoms with Crippen molar-refractivity contribution in [3.05, 3.63) is 28.3 Å². The fraction of sp³-hybridized carbons (Fsp3) is 0.143. The molecule has 0 aromatic heterocycles. The fourth-order valence-electron chi connectivity index (χ4n) is 0.837. The molecule has 6 nitrogen and oxygen atoms in total. The lowest BCUT2D eigenvalue weighted by atomic mass is 10.2. The summed E-state index contributed by atoms with van der Waals surface area (Å²) in [5, 5.41) is 10.5. The van der Waals surface area contributed by atoms with Crippen molar-refractivity contribution in [1.29, 1.82) is 0 Å². The third-order valence-electron chi connectivity index (χ3n) is 1.35. The first-order chi connectivity index (χ1) is 6.15. The molecule has 0 atom stereocenters. The third-order valence-corrected chi connectivity index (χ3v) is 1.35. The molecule has 1 aromatic carbocycles. The maximum Gasteiger partial charge on any atom is 0.317 e. The van der Waals surface area contributed by atoms with Crippen molar-refractivity contribution in [3.63, 3.8) is 0 Å². The van der Waals surface area contributed by atoms with Gasteiger partial charge in [0.25, 0.3) is 0 Å². The van der Waals surface area contributed by atoms with Crippen molar-refractivity contribution in [2.45, 2.75) is 0 Å². The van der Waals surface area contributed by atoms with Crippen LogP contribution in [0.15, 0.2) is 18.2 Å². The number of rotatable bonds is 3. The zero-order chi connectivity index (χ0) is 9.84. The molecule has 0 heterocycles. The topological polar surface area (TPSA) is 87.6 Å². The van der Waals surface area contributed by atoms with E-state index in [0.717, 1.165) is 0 Å². The van der Waals surface area contributed by atoms with Crippen LogP contribution in [0.5, 0.6) is 5.75 Å². The van der Waals surface area contributed by atoms with Crippen LogP contribution in [0, 0.1) is 10.1 Å². The average Bonchev–Trinajstić information content (AvgIpc) is 2.08. The second-order valence-electron chi connectivity index (χ2n) is 2.23. The van der Waals surface area contributed by atoms with Crippen LogP contribution in [0.2, 0.25) is 0 Å². The van der Waals surface area contributed by atoms with E-state index in [1.165, 1.54) is 25.3 Å². The summed E-state index contributed by atoms with van der Waals surface area (Å²) in [5.41, 5.74) is 5.44. The van der Waals surface area contributed by atoms with Gasteiger partial charge in [0.1, 0.15) is 0 Å². The maximum atomic E-state index is 10.5. The number of nitrogens with two attached hydrogens (primary N) is 1.